The van der Waals surface area contributed by atoms with Crippen LogP contribution in [0.15, 0.2) is 47.7 Å². The number of fused-ring (bicyclic) bond motifs is 4. The number of aliphatic carboxylic acids is 2. The molecule has 3 aliphatic carbocycles. The minimum atomic E-state index is -1.04. The number of carboxylic acids is 2. The van der Waals surface area contributed by atoms with Crippen LogP contribution in [-0.4, -0.2) is 31.9 Å². The quantitative estimate of drug-likeness (QED) is 0.727. The van der Waals surface area contributed by atoms with Gasteiger partial charge in [0.2, 0.25) is 0 Å². The maximum atomic E-state index is 13.3. The number of hydrogen-bond acceptors (Lipinski definition) is 3. The van der Waals surface area contributed by atoms with Gasteiger partial charge in [-0.3, -0.25) is 9.59 Å². The van der Waals surface area contributed by atoms with E-state index in [0.29, 0.717) is 19.3 Å². The first kappa shape index (κ1) is 19.7. The molecule has 160 valence electrons. The van der Waals surface area contributed by atoms with Crippen molar-refractivity contribution >= 4 is 18.0 Å². The third-order valence-corrected chi connectivity index (χ3v) is 7.34. The van der Waals surface area contributed by atoms with Crippen LogP contribution < -0.4 is 0 Å². The first-order valence-corrected chi connectivity index (χ1v) is 10.5. The smallest absolute Gasteiger partial charge is 0.307 e. The molecule has 3 aliphatic rings. The Kier molecular flexibility index (Phi) is 4.39. The summed E-state index contributed by atoms with van der Waals surface area (Å²) in [7, 11) is 0. The standard InChI is InChI=1S/C24H23FN2O4/c1-24-11-13-12-26-27(16-5-3-15(25)4-6-16)20(13)10-14(24)2-7-17-19(24)9-8-18(22(28)29)21(17)23(30)31/h3-6,9-10,12,17-18,21H,2,7-8,11H2,1H3,(H,28,29)(H,30,31)/t17-,18-,21-,24-/m0/s1. The Morgan fingerprint density at radius 3 is 2.61 bits per heavy atom. The topological polar surface area (TPSA) is 92.4 Å². The molecule has 6 nitrogen and oxygen atoms in total. The Morgan fingerprint density at radius 2 is 1.94 bits per heavy atom. The van der Waals surface area contributed by atoms with E-state index in [4.69, 9.17) is 0 Å². The number of benzene rings is 1. The predicted molar refractivity (Wildman–Crippen MR) is 111 cm³/mol. The average molecular weight is 422 g/mol. The number of rotatable bonds is 3. The molecule has 1 aromatic heterocycles. The molecule has 7 heteroatoms. The van der Waals surface area contributed by atoms with Gasteiger partial charge in [-0.25, -0.2) is 9.07 Å². The van der Waals surface area contributed by atoms with E-state index in [1.807, 2.05) is 17.0 Å². The zero-order valence-corrected chi connectivity index (χ0v) is 17.1. The van der Waals surface area contributed by atoms with E-state index in [1.54, 1.807) is 12.1 Å². The summed E-state index contributed by atoms with van der Waals surface area (Å²) in [6, 6.07) is 6.21. The number of nitrogens with zero attached hydrogens (tertiary/aromatic N) is 2. The van der Waals surface area contributed by atoms with Gasteiger partial charge in [-0.05, 0) is 67.5 Å². The maximum Gasteiger partial charge on any atom is 0.307 e. The van der Waals surface area contributed by atoms with E-state index >= 15 is 0 Å². The van der Waals surface area contributed by atoms with E-state index in [-0.39, 0.29) is 23.6 Å². The zero-order valence-electron chi connectivity index (χ0n) is 17.1. The Morgan fingerprint density at radius 1 is 1.19 bits per heavy atom. The Labute approximate surface area is 178 Å². The van der Waals surface area contributed by atoms with Crippen LogP contribution in [0.3, 0.4) is 0 Å². The molecule has 1 saturated carbocycles. The SMILES string of the molecule is C[C@]12Cc3cnn(-c4ccc(F)cc4)c3C=C1CC[C@H]1C2=CC[C@H](C(=O)O)[C@H]1C(=O)O. The molecule has 0 unspecified atom stereocenters. The summed E-state index contributed by atoms with van der Waals surface area (Å²) in [6.07, 6.45) is 8.18. The Bertz CT molecular complexity index is 1150. The Hall–Kier alpha value is -3.22. The van der Waals surface area contributed by atoms with Crippen LogP contribution >= 0.6 is 0 Å². The summed E-state index contributed by atoms with van der Waals surface area (Å²) in [5.41, 5.74) is 4.71. The molecule has 0 saturated heterocycles. The van der Waals surface area contributed by atoms with Crippen LogP contribution in [-0.2, 0) is 16.0 Å². The molecule has 1 heterocycles. The molecule has 1 aromatic carbocycles. The first-order valence-electron chi connectivity index (χ1n) is 10.5. The second-order valence-electron chi connectivity index (χ2n) is 8.97. The van der Waals surface area contributed by atoms with Crippen molar-refractivity contribution in [2.75, 3.05) is 0 Å². The van der Waals surface area contributed by atoms with E-state index < -0.39 is 23.8 Å². The van der Waals surface area contributed by atoms with Crippen molar-refractivity contribution in [2.45, 2.75) is 32.6 Å². The van der Waals surface area contributed by atoms with Crippen molar-refractivity contribution in [1.82, 2.24) is 9.78 Å². The second kappa shape index (κ2) is 6.90. The Balaban J connectivity index is 1.56. The normalized spacial score (nSPS) is 29.2. The van der Waals surface area contributed by atoms with Crippen molar-refractivity contribution in [3.05, 3.63) is 64.8 Å². The van der Waals surface area contributed by atoms with Crippen molar-refractivity contribution < 1.29 is 24.2 Å². The third-order valence-electron chi connectivity index (χ3n) is 7.34. The van der Waals surface area contributed by atoms with Crippen molar-refractivity contribution in [3.63, 3.8) is 0 Å². The molecule has 2 N–H and O–H groups in total. The minimum Gasteiger partial charge on any atom is -0.481 e. The van der Waals surface area contributed by atoms with E-state index in [0.717, 1.165) is 22.5 Å². The molecule has 0 spiro atoms. The van der Waals surface area contributed by atoms with Gasteiger partial charge in [0.05, 0.1) is 29.4 Å². The van der Waals surface area contributed by atoms with Gasteiger partial charge < -0.3 is 10.2 Å². The van der Waals surface area contributed by atoms with Gasteiger partial charge in [0.25, 0.3) is 0 Å². The van der Waals surface area contributed by atoms with Crippen molar-refractivity contribution in [2.24, 2.45) is 23.2 Å². The van der Waals surface area contributed by atoms with Crippen LogP contribution in [0, 0.1) is 29.0 Å². The molecular weight excluding hydrogens is 399 g/mol. The summed E-state index contributed by atoms with van der Waals surface area (Å²) >= 11 is 0. The molecule has 2 aromatic rings. The predicted octanol–water partition coefficient (Wildman–Crippen LogP) is 4.10. The van der Waals surface area contributed by atoms with Gasteiger partial charge >= 0.3 is 11.9 Å². The molecule has 0 radical (unpaired) electrons. The van der Waals surface area contributed by atoms with Crippen LogP contribution in [0.2, 0.25) is 0 Å². The minimum absolute atomic E-state index is 0.239. The summed E-state index contributed by atoms with van der Waals surface area (Å²) in [5.74, 6) is -4.44. The average Bonchev–Trinajstić information content (AvgIpc) is 3.13. The van der Waals surface area contributed by atoms with Crippen LogP contribution in [0.4, 0.5) is 4.39 Å². The zero-order chi connectivity index (χ0) is 21.9. The molecule has 0 amide bonds. The fourth-order valence-electron chi connectivity index (χ4n) is 5.83. The lowest BCUT2D eigenvalue weighted by Crippen LogP contribution is -2.46. The van der Waals surface area contributed by atoms with Gasteiger partial charge in [-0.2, -0.15) is 5.10 Å². The number of aromatic nitrogens is 2. The maximum absolute atomic E-state index is 13.3. The summed E-state index contributed by atoms with van der Waals surface area (Å²) in [5, 5.41) is 23.9. The van der Waals surface area contributed by atoms with Crippen molar-refractivity contribution in [3.8, 4) is 5.69 Å². The van der Waals surface area contributed by atoms with E-state index in [1.165, 1.54) is 17.7 Å². The van der Waals surface area contributed by atoms with E-state index in [2.05, 4.69) is 18.1 Å². The summed E-state index contributed by atoms with van der Waals surface area (Å²) < 4.78 is 15.1. The van der Waals surface area contributed by atoms with Crippen LogP contribution in [0.5, 0.6) is 0 Å². The molecule has 1 fully saturated rings. The highest BCUT2D eigenvalue weighted by atomic mass is 19.1. The van der Waals surface area contributed by atoms with Gasteiger partial charge in [0, 0.05) is 5.41 Å². The lowest BCUT2D eigenvalue weighted by molar-refractivity contribution is -0.156. The van der Waals surface area contributed by atoms with Crippen molar-refractivity contribution in [1.29, 1.82) is 0 Å². The lowest BCUT2D eigenvalue weighted by Gasteiger charge is -2.49. The summed E-state index contributed by atoms with van der Waals surface area (Å²) in [4.78, 5) is 23.7. The largest absolute Gasteiger partial charge is 0.481 e. The monoisotopic (exact) mass is 422 g/mol. The molecule has 0 bridgehead atoms. The van der Waals surface area contributed by atoms with Gasteiger partial charge in [0.15, 0.2) is 0 Å². The second-order valence-corrected chi connectivity index (χ2v) is 8.97. The number of hydrogen-bond donors (Lipinski definition) is 2. The fraction of sp³-hybridized carbons (Fsp3) is 0.375. The van der Waals surface area contributed by atoms with Gasteiger partial charge in [0.1, 0.15) is 5.82 Å². The molecule has 0 aliphatic heterocycles. The van der Waals surface area contributed by atoms with Gasteiger partial charge in [-0.15, -0.1) is 0 Å². The molecule has 5 rings (SSSR count). The lowest BCUT2D eigenvalue weighted by atomic mass is 9.54. The number of allylic oxidation sites excluding steroid dienone is 3. The third kappa shape index (κ3) is 2.94. The highest BCUT2D eigenvalue weighted by Gasteiger charge is 2.52. The summed E-state index contributed by atoms with van der Waals surface area (Å²) in [6.45, 7) is 2.13. The molecular formula is C24H23FN2O4. The number of halogens is 1. The number of carbonyl (C=O) groups is 2. The van der Waals surface area contributed by atoms with Crippen LogP contribution in [0.25, 0.3) is 11.8 Å². The highest BCUT2D eigenvalue weighted by molar-refractivity contribution is 5.82. The van der Waals surface area contributed by atoms with Crippen LogP contribution in [0.1, 0.15) is 37.4 Å². The fourth-order valence-corrected chi connectivity index (χ4v) is 5.83. The molecule has 31 heavy (non-hydrogen) atoms. The highest BCUT2D eigenvalue weighted by Crippen LogP contribution is 2.57. The number of carboxylic acid groups (broad SMARTS) is 2. The van der Waals surface area contributed by atoms with Gasteiger partial charge in [-0.1, -0.05) is 24.1 Å². The first-order chi connectivity index (χ1) is 14.8. The molecule has 4 atom stereocenters. The van der Waals surface area contributed by atoms with E-state index in [9.17, 15) is 24.2 Å².